The number of rotatable bonds is 4. The zero-order valence-corrected chi connectivity index (χ0v) is 13.1. The van der Waals surface area contributed by atoms with E-state index < -0.39 is 11.7 Å². The highest BCUT2D eigenvalue weighted by Crippen LogP contribution is 2.37. The number of nitrogens with zero attached hydrogens (tertiary/aromatic N) is 1. The van der Waals surface area contributed by atoms with Crippen LogP contribution >= 0.6 is 11.6 Å². The Labute approximate surface area is 144 Å². The highest BCUT2D eigenvalue weighted by molar-refractivity contribution is 6.33. The SMILES string of the molecule is O=COc1ccc(-c2ncc(-c3cc(C(F)(F)F)ccc3Cl)o2)cc1. The lowest BCUT2D eigenvalue weighted by molar-refractivity contribution is -0.137. The molecule has 0 aliphatic carbocycles. The number of hydrogen-bond acceptors (Lipinski definition) is 4. The van der Waals surface area contributed by atoms with Crippen LogP contribution in [0.3, 0.4) is 0 Å². The molecule has 0 bridgehead atoms. The number of carbonyl (C=O) groups excluding carboxylic acids is 1. The Hall–Kier alpha value is -2.80. The molecule has 2 aromatic carbocycles. The summed E-state index contributed by atoms with van der Waals surface area (Å²) in [5.74, 6) is 0.645. The van der Waals surface area contributed by atoms with E-state index in [1.54, 1.807) is 12.1 Å². The van der Waals surface area contributed by atoms with Gasteiger partial charge < -0.3 is 9.15 Å². The van der Waals surface area contributed by atoms with Crippen molar-refractivity contribution >= 4 is 18.1 Å². The molecule has 0 spiro atoms. The van der Waals surface area contributed by atoms with Crippen molar-refractivity contribution in [2.45, 2.75) is 6.18 Å². The molecule has 0 aliphatic heterocycles. The fourth-order valence-electron chi connectivity index (χ4n) is 2.15. The van der Waals surface area contributed by atoms with Gasteiger partial charge in [0.15, 0.2) is 5.76 Å². The summed E-state index contributed by atoms with van der Waals surface area (Å²) in [5.41, 5.74) is -0.177. The minimum absolute atomic E-state index is 0.0937. The number of halogens is 4. The van der Waals surface area contributed by atoms with Crippen molar-refractivity contribution < 1.29 is 27.1 Å². The lowest BCUT2D eigenvalue weighted by atomic mass is 10.1. The van der Waals surface area contributed by atoms with E-state index in [4.69, 9.17) is 16.0 Å². The van der Waals surface area contributed by atoms with Gasteiger partial charge in [-0.2, -0.15) is 13.2 Å². The third kappa shape index (κ3) is 3.66. The van der Waals surface area contributed by atoms with Gasteiger partial charge in [0.2, 0.25) is 5.89 Å². The predicted molar refractivity (Wildman–Crippen MR) is 84.1 cm³/mol. The number of oxazole rings is 1. The lowest BCUT2D eigenvalue weighted by Gasteiger charge is -2.08. The molecule has 3 rings (SSSR count). The van der Waals surface area contributed by atoms with E-state index in [1.807, 2.05) is 0 Å². The van der Waals surface area contributed by atoms with Gasteiger partial charge in [0.05, 0.1) is 16.8 Å². The van der Waals surface area contributed by atoms with E-state index in [9.17, 15) is 18.0 Å². The third-order valence-corrected chi connectivity index (χ3v) is 3.68. The number of ether oxygens (including phenoxy) is 1. The van der Waals surface area contributed by atoms with Gasteiger partial charge in [-0.25, -0.2) is 4.98 Å². The number of aromatic nitrogens is 1. The Kier molecular flexibility index (Phi) is 4.50. The summed E-state index contributed by atoms with van der Waals surface area (Å²) in [6.07, 6.45) is -3.19. The monoisotopic (exact) mass is 367 g/mol. The molecule has 0 N–H and O–H groups in total. The van der Waals surface area contributed by atoms with Gasteiger partial charge in [0.25, 0.3) is 6.47 Å². The van der Waals surface area contributed by atoms with E-state index in [1.165, 1.54) is 18.3 Å². The Morgan fingerprint density at radius 1 is 1.12 bits per heavy atom. The first-order chi connectivity index (χ1) is 11.9. The molecule has 8 heteroatoms. The molecule has 0 radical (unpaired) electrons. The van der Waals surface area contributed by atoms with Crippen LogP contribution in [0.2, 0.25) is 5.02 Å². The number of hydrogen-bond donors (Lipinski definition) is 0. The minimum atomic E-state index is -4.49. The molecular formula is C17H9ClF3NO3. The van der Waals surface area contributed by atoms with Crippen LogP contribution in [0, 0.1) is 0 Å². The van der Waals surface area contributed by atoms with Gasteiger partial charge in [-0.15, -0.1) is 0 Å². The van der Waals surface area contributed by atoms with Gasteiger partial charge in [0, 0.05) is 11.1 Å². The molecule has 0 saturated carbocycles. The van der Waals surface area contributed by atoms with Gasteiger partial charge in [-0.1, -0.05) is 11.6 Å². The quantitative estimate of drug-likeness (QED) is 0.593. The molecule has 0 aliphatic rings. The Balaban J connectivity index is 1.95. The molecule has 0 fully saturated rings. The standard InChI is InChI=1S/C17H9ClF3NO3/c18-14-6-3-11(17(19,20)21)7-13(14)15-8-22-16(25-15)10-1-4-12(5-2-10)24-9-23/h1-9H. The predicted octanol–water partition coefficient (Wildman–Crippen LogP) is 5.22. The maximum atomic E-state index is 12.9. The van der Waals surface area contributed by atoms with E-state index in [2.05, 4.69) is 9.72 Å². The molecular weight excluding hydrogens is 359 g/mol. The van der Waals surface area contributed by atoms with Crippen LogP contribution in [-0.2, 0) is 11.0 Å². The normalized spacial score (nSPS) is 11.4. The fraction of sp³-hybridized carbons (Fsp3) is 0.0588. The summed E-state index contributed by atoms with van der Waals surface area (Å²) < 4.78 is 48.8. The minimum Gasteiger partial charge on any atom is -0.436 e. The van der Waals surface area contributed by atoms with Crippen molar-refractivity contribution in [3.05, 3.63) is 59.2 Å². The maximum absolute atomic E-state index is 12.9. The number of carbonyl (C=O) groups is 1. The second kappa shape index (κ2) is 6.60. The van der Waals surface area contributed by atoms with Crippen LogP contribution in [-0.4, -0.2) is 11.5 Å². The first kappa shape index (κ1) is 17.0. The Morgan fingerprint density at radius 2 is 1.84 bits per heavy atom. The summed E-state index contributed by atoms with van der Waals surface area (Å²) in [4.78, 5) is 14.3. The van der Waals surface area contributed by atoms with Crippen LogP contribution in [0.1, 0.15) is 5.56 Å². The summed E-state index contributed by atoms with van der Waals surface area (Å²) in [5, 5.41) is 0.116. The third-order valence-electron chi connectivity index (χ3n) is 3.35. The van der Waals surface area contributed by atoms with Gasteiger partial charge in [-0.3, -0.25) is 4.79 Å². The maximum Gasteiger partial charge on any atom is 0.416 e. The number of alkyl halides is 3. The molecule has 4 nitrogen and oxygen atoms in total. The summed E-state index contributed by atoms with van der Waals surface area (Å²) in [7, 11) is 0. The zero-order chi connectivity index (χ0) is 18.0. The smallest absolute Gasteiger partial charge is 0.416 e. The van der Waals surface area contributed by atoms with Crippen molar-refractivity contribution in [3.8, 4) is 28.5 Å². The van der Waals surface area contributed by atoms with Crippen LogP contribution in [0.4, 0.5) is 13.2 Å². The van der Waals surface area contributed by atoms with Crippen LogP contribution in [0.5, 0.6) is 5.75 Å². The van der Waals surface area contributed by atoms with E-state index >= 15 is 0 Å². The molecule has 128 valence electrons. The highest BCUT2D eigenvalue weighted by atomic mass is 35.5. The summed E-state index contributed by atoms with van der Waals surface area (Å²) >= 11 is 5.99. The van der Waals surface area contributed by atoms with Crippen LogP contribution in [0.25, 0.3) is 22.8 Å². The molecule has 0 atom stereocenters. The van der Waals surface area contributed by atoms with Gasteiger partial charge in [0.1, 0.15) is 5.75 Å². The molecule has 25 heavy (non-hydrogen) atoms. The first-order valence-corrected chi connectivity index (χ1v) is 7.30. The van der Waals surface area contributed by atoms with Crippen molar-refractivity contribution in [1.29, 1.82) is 0 Å². The van der Waals surface area contributed by atoms with Gasteiger partial charge >= 0.3 is 6.18 Å². The molecule has 1 heterocycles. The van der Waals surface area contributed by atoms with Gasteiger partial charge in [-0.05, 0) is 42.5 Å². The van der Waals surface area contributed by atoms with Crippen LogP contribution in [0.15, 0.2) is 53.1 Å². The molecule has 0 amide bonds. The zero-order valence-electron chi connectivity index (χ0n) is 12.4. The molecule has 0 saturated heterocycles. The topological polar surface area (TPSA) is 52.3 Å². The molecule has 1 aromatic heterocycles. The average molecular weight is 368 g/mol. The van der Waals surface area contributed by atoms with Crippen molar-refractivity contribution in [1.82, 2.24) is 4.98 Å². The summed E-state index contributed by atoms with van der Waals surface area (Å²) in [6, 6.07) is 9.23. The van der Waals surface area contributed by atoms with Crippen molar-refractivity contribution in [2.75, 3.05) is 0 Å². The second-order valence-corrected chi connectivity index (χ2v) is 5.37. The lowest BCUT2D eigenvalue weighted by Crippen LogP contribution is -2.04. The van der Waals surface area contributed by atoms with Crippen molar-refractivity contribution in [2.24, 2.45) is 0 Å². The largest absolute Gasteiger partial charge is 0.436 e. The first-order valence-electron chi connectivity index (χ1n) is 6.92. The van der Waals surface area contributed by atoms with E-state index in [-0.39, 0.29) is 22.2 Å². The average Bonchev–Trinajstić information content (AvgIpc) is 3.05. The summed E-state index contributed by atoms with van der Waals surface area (Å²) in [6.45, 7) is 0.299. The fourth-order valence-corrected chi connectivity index (χ4v) is 2.36. The van der Waals surface area contributed by atoms with E-state index in [0.717, 1.165) is 18.2 Å². The Morgan fingerprint density at radius 3 is 2.48 bits per heavy atom. The molecule has 0 unspecified atom stereocenters. The molecule has 3 aromatic rings. The Bertz CT molecular complexity index is 904. The van der Waals surface area contributed by atoms with E-state index in [0.29, 0.717) is 17.8 Å². The second-order valence-electron chi connectivity index (χ2n) is 4.96. The number of benzene rings is 2. The van der Waals surface area contributed by atoms with Crippen molar-refractivity contribution in [3.63, 3.8) is 0 Å². The van der Waals surface area contributed by atoms with Crippen LogP contribution < -0.4 is 4.74 Å². The highest BCUT2D eigenvalue weighted by Gasteiger charge is 2.31.